The van der Waals surface area contributed by atoms with Crippen molar-refractivity contribution in [3.05, 3.63) is 41.0 Å². The Bertz CT molecular complexity index is 1480. The number of carbonyl (C=O) groups excluding carboxylic acids is 2. The number of fused-ring (bicyclic) bond motifs is 1. The van der Waals surface area contributed by atoms with E-state index < -0.39 is 0 Å². The SMILES string of the molecule is O=CNc1cc(O)c2c3c1O[C@H]1[C@H](NC(=O)c4ccc5n[nH]nc5c4)CC[C@H]4[C@@H](C2)N(CC2CC2)CC[C@@]341. The average molecular weight is 515 g/mol. The van der Waals surface area contributed by atoms with E-state index in [1.54, 1.807) is 24.3 Å². The van der Waals surface area contributed by atoms with Crippen LogP contribution in [0.3, 0.4) is 0 Å². The first kappa shape index (κ1) is 22.3. The highest BCUT2D eigenvalue weighted by Gasteiger charge is 2.66. The zero-order chi connectivity index (χ0) is 25.6. The molecule has 2 saturated carbocycles. The molecular weight excluding hydrogens is 484 g/mol. The number of phenolic OH excluding ortho intramolecular Hbond substituents is 1. The lowest BCUT2D eigenvalue weighted by atomic mass is 9.51. The predicted octanol–water partition coefficient (Wildman–Crippen LogP) is 2.48. The van der Waals surface area contributed by atoms with E-state index in [0.29, 0.717) is 46.4 Å². The molecule has 2 bridgehead atoms. The summed E-state index contributed by atoms with van der Waals surface area (Å²) in [6.45, 7) is 2.10. The summed E-state index contributed by atoms with van der Waals surface area (Å²) in [6, 6.07) is 7.07. The Labute approximate surface area is 219 Å². The van der Waals surface area contributed by atoms with Crippen LogP contribution in [0.2, 0.25) is 0 Å². The summed E-state index contributed by atoms with van der Waals surface area (Å²) in [6.07, 6.45) is 6.47. The van der Waals surface area contributed by atoms with Gasteiger partial charge in [0.05, 0.1) is 11.7 Å². The van der Waals surface area contributed by atoms with Crippen molar-refractivity contribution in [1.29, 1.82) is 0 Å². The van der Waals surface area contributed by atoms with Gasteiger partial charge >= 0.3 is 0 Å². The molecule has 38 heavy (non-hydrogen) atoms. The Kier molecular flexibility index (Phi) is 4.66. The maximum atomic E-state index is 13.4. The van der Waals surface area contributed by atoms with E-state index in [1.165, 1.54) is 12.8 Å². The number of rotatable bonds is 6. The van der Waals surface area contributed by atoms with Gasteiger partial charge in [0.15, 0.2) is 0 Å². The van der Waals surface area contributed by atoms with Gasteiger partial charge in [-0.15, -0.1) is 0 Å². The van der Waals surface area contributed by atoms with Crippen molar-refractivity contribution in [2.24, 2.45) is 11.8 Å². The molecular formula is C28H30N6O4. The van der Waals surface area contributed by atoms with Crippen LogP contribution in [-0.2, 0) is 16.6 Å². The molecule has 5 atom stereocenters. The highest BCUT2D eigenvalue weighted by atomic mass is 16.5. The first-order valence-corrected chi connectivity index (χ1v) is 13.7. The summed E-state index contributed by atoms with van der Waals surface area (Å²) in [4.78, 5) is 27.6. The summed E-state index contributed by atoms with van der Waals surface area (Å²) in [5, 5.41) is 28.0. The second kappa shape index (κ2) is 7.92. The minimum Gasteiger partial charge on any atom is -0.508 e. The van der Waals surface area contributed by atoms with Crippen molar-refractivity contribution in [3.63, 3.8) is 0 Å². The second-order valence-corrected chi connectivity index (χ2v) is 11.7. The predicted molar refractivity (Wildman–Crippen MR) is 138 cm³/mol. The summed E-state index contributed by atoms with van der Waals surface area (Å²) in [5.41, 5.74) is 4.09. The van der Waals surface area contributed by atoms with Crippen LogP contribution in [0.25, 0.3) is 11.0 Å². The van der Waals surface area contributed by atoms with Crippen LogP contribution in [0, 0.1) is 11.8 Å². The normalized spacial score (nSPS) is 30.9. The topological polar surface area (TPSA) is 132 Å². The first-order chi connectivity index (χ1) is 18.6. The highest BCUT2D eigenvalue weighted by molar-refractivity contribution is 5.97. The summed E-state index contributed by atoms with van der Waals surface area (Å²) < 4.78 is 6.76. The maximum absolute atomic E-state index is 13.4. The smallest absolute Gasteiger partial charge is 0.251 e. The number of hydrogen-bond acceptors (Lipinski definition) is 7. The fourth-order valence-electron chi connectivity index (χ4n) is 8.12. The molecule has 2 aromatic carbocycles. The molecule has 1 aromatic heterocycles. The molecule has 2 aliphatic heterocycles. The van der Waals surface area contributed by atoms with Crippen LogP contribution in [0.1, 0.15) is 53.6 Å². The number of carbonyl (C=O) groups is 2. The summed E-state index contributed by atoms with van der Waals surface area (Å²) >= 11 is 0. The van der Waals surface area contributed by atoms with E-state index in [0.717, 1.165) is 55.8 Å². The lowest BCUT2D eigenvalue weighted by Crippen LogP contribution is -2.69. The number of aromatic amines is 1. The average Bonchev–Trinajstić information content (AvgIpc) is 3.48. The van der Waals surface area contributed by atoms with Gasteiger partial charge in [-0.1, -0.05) is 0 Å². The number of likely N-dealkylation sites (tertiary alicyclic amines) is 1. The number of aromatic nitrogens is 3. The lowest BCUT2D eigenvalue weighted by Gasteiger charge is -2.59. The number of benzene rings is 2. The highest BCUT2D eigenvalue weighted by Crippen LogP contribution is 2.65. The standard InChI is InChI=1S/C28H30N6O4/c35-13-29-21-11-23(36)16-10-22-17-4-6-19(30-27(37)15-3-5-18-20(9-15)32-33-31-18)26-28(17,24(16)25(21)38-26)7-8-34(22)12-14-1-2-14/h3,5,9,11,13-14,17,19,22,26,36H,1-2,4,6-8,10,12H2,(H,29,35)(H,30,37)(H,31,32,33)/t17-,19+,22+,26-,28-/m0/s1. The van der Waals surface area contributed by atoms with E-state index in [9.17, 15) is 14.7 Å². The molecule has 3 fully saturated rings. The summed E-state index contributed by atoms with van der Waals surface area (Å²) in [7, 11) is 0. The molecule has 4 N–H and O–H groups in total. The molecule has 0 unspecified atom stereocenters. The molecule has 5 aliphatic rings. The largest absolute Gasteiger partial charge is 0.508 e. The Morgan fingerprint density at radius 3 is 2.92 bits per heavy atom. The van der Waals surface area contributed by atoms with Crippen LogP contribution in [-0.4, -0.2) is 69.0 Å². The Morgan fingerprint density at radius 1 is 1.21 bits per heavy atom. The number of hydrogen-bond donors (Lipinski definition) is 4. The number of H-pyrrole nitrogens is 1. The Hall–Kier alpha value is -3.66. The molecule has 196 valence electrons. The third-order valence-electron chi connectivity index (χ3n) is 9.86. The summed E-state index contributed by atoms with van der Waals surface area (Å²) in [5.74, 6) is 1.89. The monoisotopic (exact) mass is 514 g/mol. The zero-order valence-corrected chi connectivity index (χ0v) is 20.9. The van der Waals surface area contributed by atoms with Crippen molar-refractivity contribution in [2.75, 3.05) is 18.4 Å². The van der Waals surface area contributed by atoms with Crippen LogP contribution in [0.15, 0.2) is 24.3 Å². The maximum Gasteiger partial charge on any atom is 0.251 e. The van der Waals surface area contributed by atoms with Gasteiger partial charge in [0.1, 0.15) is 28.6 Å². The minimum atomic E-state index is -0.308. The van der Waals surface area contributed by atoms with Crippen molar-refractivity contribution in [3.8, 4) is 11.5 Å². The molecule has 3 heterocycles. The van der Waals surface area contributed by atoms with Gasteiger partial charge < -0.3 is 20.5 Å². The first-order valence-electron chi connectivity index (χ1n) is 13.7. The Morgan fingerprint density at radius 2 is 2.08 bits per heavy atom. The molecule has 10 nitrogen and oxygen atoms in total. The minimum absolute atomic E-state index is 0.165. The molecule has 1 spiro atoms. The molecule has 3 aliphatic carbocycles. The van der Waals surface area contributed by atoms with Crippen LogP contribution >= 0.6 is 0 Å². The van der Waals surface area contributed by atoms with Gasteiger partial charge in [-0.05, 0) is 75.1 Å². The number of piperidine rings is 1. The van der Waals surface area contributed by atoms with Gasteiger partial charge in [0.2, 0.25) is 6.41 Å². The van der Waals surface area contributed by atoms with Crippen molar-refractivity contribution in [2.45, 2.75) is 62.1 Å². The van der Waals surface area contributed by atoms with E-state index >= 15 is 0 Å². The van der Waals surface area contributed by atoms with Crippen LogP contribution in [0.5, 0.6) is 11.5 Å². The molecule has 2 amide bonds. The quantitative estimate of drug-likeness (QED) is 0.372. The number of nitrogens with one attached hydrogen (secondary N) is 3. The van der Waals surface area contributed by atoms with Gasteiger partial charge in [0, 0.05) is 40.8 Å². The van der Waals surface area contributed by atoms with E-state index in [1.807, 2.05) is 0 Å². The van der Waals surface area contributed by atoms with E-state index in [4.69, 9.17) is 4.74 Å². The second-order valence-electron chi connectivity index (χ2n) is 11.7. The number of nitrogens with zero attached hydrogens (tertiary/aromatic N) is 3. The van der Waals surface area contributed by atoms with Crippen LogP contribution < -0.4 is 15.4 Å². The Balaban J connectivity index is 1.19. The lowest BCUT2D eigenvalue weighted by molar-refractivity contribution is -0.105. The number of ether oxygens (including phenoxy) is 1. The van der Waals surface area contributed by atoms with Crippen LogP contribution in [0.4, 0.5) is 5.69 Å². The third kappa shape index (κ3) is 3.03. The van der Waals surface area contributed by atoms with Gasteiger partial charge in [0.25, 0.3) is 5.91 Å². The molecule has 1 saturated heterocycles. The molecule has 0 radical (unpaired) electrons. The van der Waals surface area contributed by atoms with Gasteiger partial charge in [-0.25, -0.2) is 0 Å². The van der Waals surface area contributed by atoms with Gasteiger partial charge in [-0.3, -0.25) is 14.5 Å². The number of anilines is 1. The van der Waals surface area contributed by atoms with Crippen molar-refractivity contribution in [1.82, 2.24) is 25.6 Å². The van der Waals surface area contributed by atoms with Crippen molar-refractivity contribution < 1.29 is 19.4 Å². The number of aromatic hydroxyl groups is 1. The zero-order valence-electron chi connectivity index (χ0n) is 20.9. The molecule has 3 aromatic rings. The fourth-order valence-corrected chi connectivity index (χ4v) is 8.12. The molecule has 8 rings (SSSR count). The number of phenols is 1. The molecule has 10 heteroatoms. The van der Waals surface area contributed by atoms with E-state index in [2.05, 4.69) is 30.9 Å². The number of amides is 2. The fraction of sp³-hybridized carbons (Fsp3) is 0.500. The van der Waals surface area contributed by atoms with E-state index in [-0.39, 0.29) is 29.2 Å². The van der Waals surface area contributed by atoms with Crippen molar-refractivity contribution >= 4 is 29.0 Å². The third-order valence-corrected chi connectivity index (χ3v) is 9.86. The van der Waals surface area contributed by atoms with Gasteiger partial charge in [-0.2, -0.15) is 15.4 Å².